The Balaban J connectivity index is 1.86. The number of hydrogen-bond acceptors (Lipinski definition) is 6. The molecule has 0 saturated carbocycles. The van der Waals surface area contributed by atoms with Crippen LogP contribution in [0.5, 0.6) is 0 Å². The first-order chi connectivity index (χ1) is 9.56. The lowest BCUT2D eigenvalue weighted by molar-refractivity contribution is 0.0689. The van der Waals surface area contributed by atoms with Crippen molar-refractivity contribution in [3.05, 3.63) is 41.3 Å². The van der Waals surface area contributed by atoms with E-state index in [0.717, 1.165) is 0 Å². The van der Waals surface area contributed by atoms with E-state index >= 15 is 0 Å². The molecule has 20 heavy (non-hydrogen) atoms. The third-order valence-corrected chi connectivity index (χ3v) is 2.44. The number of carbonyl (C=O) groups excluding carboxylic acids is 1. The lowest BCUT2D eigenvalue weighted by Gasteiger charge is -2.03. The van der Waals surface area contributed by atoms with Crippen molar-refractivity contribution in [3.8, 4) is 0 Å². The average Bonchev–Trinajstić information content (AvgIpc) is 2.84. The molecule has 0 aromatic carbocycles. The van der Waals surface area contributed by atoms with Gasteiger partial charge in [0.15, 0.2) is 5.82 Å². The third-order valence-electron chi connectivity index (χ3n) is 2.44. The van der Waals surface area contributed by atoms with Crippen LogP contribution in [0.3, 0.4) is 0 Å². The highest BCUT2D eigenvalue weighted by molar-refractivity contribution is 5.94. The number of carboxylic acid groups (broad SMARTS) is 1. The number of carboxylic acids is 1. The first-order valence-electron chi connectivity index (χ1n) is 5.83. The van der Waals surface area contributed by atoms with Crippen LogP contribution in [0.15, 0.2) is 22.9 Å². The van der Waals surface area contributed by atoms with Crippen LogP contribution in [0.1, 0.15) is 32.6 Å². The maximum atomic E-state index is 11.8. The molecule has 0 unspecified atom stereocenters. The maximum Gasteiger partial charge on any atom is 0.354 e. The predicted octanol–water partition coefficient (Wildman–Crippen LogP) is 0.444. The zero-order chi connectivity index (χ0) is 14.5. The molecule has 0 spiro atoms. The molecule has 0 saturated heterocycles. The quantitative estimate of drug-likeness (QED) is 0.813. The van der Waals surface area contributed by atoms with Crippen molar-refractivity contribution in [2.75, 3.05) is 6.54 Å². The third kappa shape index (κ3) is 3.37. The van der Waals surface area contributed by atoms with Gasteiger partial charge in [0.05, 0.1) is 5.56 Å². The molecule has 8 nitrogen and oxygen atoms in total. The van der Waals surface area contributed by atoms with Crippen LogP contribution in [0.2, 0.25) is 0 Å². The van der Waals surface area contributed by atoms with Crippen molar-refractivity contribution in [2.24, 2.45) is 0 Å². The Morgan fingerprint density at radius 3 is 2.75 bits per heavy atom. The molecule has 2 heterocycles. The number of rotatable bonds is 5. The number of aromatic nitrogens is 3. The van der Waals surface area contributed by atoms with E-state index in [1.807, 2.05) is 0 Å². The summed E-state index contributed by atoms with van der Waals surface area (Å²) in [6.45, 7) is 2.04. The Kier molecular flexibility index (Phi) is 4.04. The van der Waals surface area contributed by atoms with Gasteiger partial charge in [-0.2, -0.15) is 4.98 Å². The highest BCUT2D eigenvalue weighted by Crippen LogP contribution is 2.01. The van der Waals surface area contributed by atoms with Gasteiger partial charge in [0.2, 0.25) is 5.89 Å². The summed E-state index contributed by atoms with van der Waals surface area (Å²) in [5.41, 5.74) is 0.180. The molecule has 0 atom stereocenters. The predicted molar refractivity (Wildman–Crippen MR) is 66.3 cm³/mol. The van der Waals surface area contributed by atoms with E-state index in [1.165, 1.54) is 18.3 Å². The monoisotopic (exact) mass is 276 g/mol. The fraction of sp³-hybridized carbons (Fsp3) is 0.250. The van der Waals surface area contributed by atoms with E-state index in [-0.39, 0.29) is 17.2 Å². The van der Waals surface area contributed by atoms with Gasteiger partial charge in [-0.25, -0.2) is 9.78 Å². The van der Waals surface area contributed by atoms with Crippen molar-refractivity contribution in [2.45, 2.75) is 13.3 Å². The molecule has 0 bridgehead atoms. The van der Waals surface area contributed by atoms with Crippen molar-refractivity contribution < 1.29 is 19.2 Å². The number of aryl methyl sites for hydroxylation is 1. The summed E-state index contributed by atoms with van der Waals surface area (Å²) >= 11 is 0. The van der Waals surface area contributed by atoms with Gasteiger partial charge in [-0.05, 0) is 19.1 Å². The standard InChI is InChI=1S/C12H12N4O4/c1-7-15-10(20-16-7)4-5-13-11(17)8-2-3-9(12(18)19)14-6-8/h2-3,6H,4-5H2,1H3,(H,13,17)(H,18,19). The first kappa shape index (κ1) is 13.7. The van der Waals surface area contributed by atoms with Gasteiger partial charge in [0, 0.05) is 19.2 Å². The van der Waals surface area contributed by atoms with Crippen LogP contribution in [0, 0.1) is 6.92 Å². The van der Waals surface area contributed by atoms with Gasteiger partial charge in [-0.15, -0.1) is 0 Å². The van der Waals surface area contributed by atoms with E-state index in [0.29, 0.717) is 24.7 Å². The number of nitrogens with one attached hydrogen (secondary N) is 1. The summed E-state index contributed by atoms with van der Waals surface area (Å²) in [4.78, 5) is 30.1. The zero-order valence-corrected chi connectivity index (χ0v) is 10.7. The normalized spacial score (nSPS) is 10.2. The Bertz CT molecular complexity index is 621. The largest absolute Gasteiger partial charge is 0.477 e. The molecular formula is C12H12N4O4. The van der Waals surface area contributed by atoms with Crippen molar-refractivity contribution in [3.63, 3.8) is 0 Å². The minimum atomic E-state index is -1.14. The highest BCUT2D eigenvalue weighted by Gasteiger charge is 2.09. The van der Waals surface area contributed by atoms with Crippen LogP contribution in [-0.2, 0) is 6.42 Å². The topological polar surface area (TPSA) is 118 Å². The number of nitrogens with zero attached hydrogens (tertiary/aromatic N) is 3. The Morgan fingerprint density at radius 1 is 1.40 bits per heavy atom. The average molecular weight is 276 g/mol. The lowest BCUT2D eigenvalue weighted by atomic mass is 10.2. The fourth-order valence-electron chi connectivity index (χ4n) is 1.48. The van der Waals surface area contributed by atoms with E-state index in [9.17, 15) is 9.59 Å². The molecule has 2 aromatic rings. The molecule has 0 aliphatic heterocycles. The van der Waals surface area contributed by atoms with E-state index < -0.39 is 5.97 Å². The molecule has 0 fully saturated rings. The van der Waals surface area contributed by atoms with Crippen molar-refractivity contribution in [1.29, 1.82) is 0 Å². The summed E-state index contributed by atoms with van der Waals surface area (Å²) in [7, 11) is 0. The molecule has 1 amide bonds. The van der Waals surface area contributed by atoms with Gasteiger partial charge >= 0.3 is 5.97 Å². The Labute approximate surface area is 113 Å². The number of carbonyl (C=O) groups is 2. The van der Waals surface area contributed by atoms with Gasteiger partial charge < -0.3 is 14.9 Å². The lowest BCUT2D eigenvalue weighted by Crippen LogP contribution is -2.26. The van der Waals surface area contributed by atoms with E-state index in [2.05, 4.69) is 20.4 Å². The molecule has 104 valence electrons. The summed E-state index contributed by atoms with van der Waals surface area (Å²) < 4.78 is 4.90. The molecule has 0 aliphatic carbocycles. The summed E-state index contributed by atoms with van der Waals surface area (Å²) in [6, 6.07) is 2.68. The van der Waals surface area contributed by atoms with E-state index in [4.69, 9.17) is 9.63 Å². The molecule has 2 N–H and O–H groups in total. The molecule has 0 aliphatic rings. The maximum absolute atomic E-state index is 11.8. The minimum Gasteiger partial charge on any atom is -0.477 e. The Hall–Kier alpha value is -2.77. The molecule has 2 aromatic heterocycles. The smallest absolute Gasteiger partial charge is 0.354 e. The Morgan fingerprint density at radius 2 is 2.20 bits per heavy atom. The van der Waals surface area contributed by atoms with Gasteiger partial charge in [-0.3, -0.25) is 4.79 Å². The highest BCUT2D eigenvalue weighted by atomic mass is 16.5. The molecule has 2 rings (SSSR count). The second-order valence-electron chi connectivity index (χ2n) is 3.98. The van der Waals surface area contributed by atoms with Crippen LogP contribution in [-0.4, -0.2) is 38.7 Å². The fourth-order valence-corrected chi connectivity index (χ4v) is 1.48. The second kappa shape index (κ2) is 5.91. The molecule has 0 radical (unpaired) electrons. The summed E-state index contributed by atoms with van der Waals surface area (Å²) in [5.74, 6) is -0.490. The second-order valence-corrected chi connectivity index (χ2v) is 3.98. The molecular weight excluding hydrogens is 264 g/mol. The van der Waals surface area contributed by atoms with Crippen LogP contribution < -0.4 is 5.32 Å². The van der Waals surface area contributed by atoms with Crippen molar-refractivity contribution in [1.82, 2.24) is 20.4 Å². The van der Waals surface area contributed by atoms with Gasteiger partial charge in [0.1, 0.15) is 5.69 Å². The van der Waals surface area contributed by atoms with Gasteiger partial charge in [0.25, 0.3) is 5.91 Å². The number of hydrogen-bond donors (Lipinski definition) is 2. The summed E-state index contributed by atoms with van der Waals surface area (Å²) in [6.07, 6.45) is 1.64. The number of pyridine rings is 1. The van der Waals surface area contributed by atoms with Gasteiger partial charge in [-0.1, -0.05) is 5.16 Å². The minimum absolute atomic E-state index is 0.108. The molecule has 8 heteroatoms. The number of amides is 1. The van der Waals surface area contributed by atoms with Crippen LogP contribution >= 0.6 is 0 Å². The van der Waals surface area contributed by atoms with Crippen LogP contribution in [0.25, 0.3) is 0 Å². The zero-order valence-electron chi connectivity index (χ0n) is 10.7. The van der Waals surface area contributed by atoms with E-state index in [1.54, 1.807) is 6.92 Å². The number of aromatic carboxylic acids is 1. The van der Waals surface area contributed by atoms with Crippen LogP contribution in [0.4, 0.5) is 0 Å². The summed E-state index contributed by atoms with van der Waals surface area (Å²) in [5, 5.41) is 15.0. The SMILES string of the molecule is Cc1noc(CCNC(=O)c2ccc(C(=O)O)nc2)n1. The first-order valence-corrected chi connectivity index (χ1v) is 5.83. The van der Waals surface area contributed by atoms with Crippen molar-refractivity contribution >= 4 is 11.9 Å².